The maximum absolute atomic E-state index is 13.8. The van der Waals surface area contributed by atoms with Crippen molar-refractivity contribution in [3.8, 4) is 0 Å². The van der Waals surface area contributed by atoms with Gasteiger partial charge in [-0.05, 0) is 44.4 Å². The van der Waals surface area contributed by atoms with E-state index in [9.17, 15) is 9.59 Å². The van der Waals surface area contributed by atoms with Crippen LogP contribution < -0.4 is 0 Å². The molecule has 7 nitrogen and oxygen atoms in total. The van der Waals surface area contributed by atoms with Crippen molar-refractivity contribution in [3.63, 3.8) is 0 Å². The van der Waals surface area contributed by atoms with E-state index in [0.717, 1.165) is 16.7 Å². The second kappa shape index (κ2) is 12.0. The highest BCUT2D eigenvalue weighted by molar-refractivity contribution is 5.80. The topological polar surface area (TPSA) is 68.3 Å². The van der Waals surface area contributed by atoms with Gasteiger partial charge in [-0.3, -0.25) is 9.80 Å². The monoisotopic (exact) mass is 530 g/mol. The van der Waals surface area contributed by atoms with Crippen LogP contribution in [0.5, 0.6) is 0 Å². The molecule has 3 aromatic carbocycles. The maximum atomic E-state index is 13.8. The summed E-state index contributed by atoms with van der Waals surface area (Å²) in [5, 5.41) is 0. The fourth-order valence-electron chi connectivity index (χ4n) is 5.31. The molecule has 2 atom stereocenters. The van der Waals surface area contributed by atoms with Gasteiger partial charge in [-0.2, -0.15) is 0 Å². The van der Waals surface area contributed by atoms with Crippen molar-refractivity contribution < 1.29 is 23.8 Å². The number of benzene rings is 3. The number of nitrogens with zero attached hydrogens (tertiary/aromatic N) is 2. The van der Waals surface area contributed by atoms with Gasteiger partial charge < -0.3 is 14.2 Å². The minimum absolute atomic E-state index is 0.355. The predicted octanol–water partition coefficient (Wildman–Crippen LogP) is 5.96. The first-order chi connectivity index (χ1) is 18.6. The molecular weight excluding hydrogens is 492 g/mol. The van der Waals surface area contributed by atoms with Gasteiger partial charge in [0.1, 0.15) is 5.72 Å². The Bertz CT molecular complexity index is 1170. The first kappa shape index (κ1) is 28.3. The zero-order valence-corrected chi connectivity index (χ0v) is 23.4. The quantitative estimate of drug-likeness (QED) is 0.318. The fraction of sp³-hybridized carbons (Fsp3) is 0.375. The number of esters is 1. The number of hydrogen-bond acceptors (Lipinski definition) is 6. The molecule has 1 heterocycles. The van der Waals surface area contributed by atoms with Gasteiger partial charge in [0.05, 0.1) is 25.3 Å². The molecule has 1 saturated heterocycles. The highest BCUT2D eigenvalue weighted by atomic mass is 16.6. The second-order valence-electron chi connectivity index (χ2n) is 10.9. The highest BCUT2D eigenvalue weighted by Gasteiger charge is 2.51. The van der Waals surface area contributed by atoms with Gasteiger partial charge in [-0.25, -0.2) is 9.59 Å². The summed E-state index contributed by atoms with van der Waals surface area (Å²) in [7, 11) is 1.32. The Morgan fingerprint density at radius 2 is 1.33 bits per heavy atom. The summed E-state index contributed by atoms with van der Waals surface area (Å²) >= 11 is 0. The number of hydrogen-bond donors (Lipinski definition) is 0. The van der Waals surface area contributed by atoms with Crippen LogP contribution >= 0.6 is 0 Å². The first-order valence-electron chi connectivity index (χ1n) is 13.2. The van der Waals surface area contributed by atoms with Gasteiger partial charge in [0.2, 0.25) is 6.10 Å². The summed E-state index contributed by atoms with van der Waals surface area (Å²) < 4.78 is 17.3. The van der Waals surface area contributed by atoms with Crippen LogP contribution in [0.15, 0.2) is 91.0 Å². The Kier molecular flexibility index (Phi) is 8.73. The van der Waals surface area contributed by atoms with Crippen molar-refractivity contribution in [1.29, 1.82) is 0 Å². The maximum Gasteiger partial charge on any atom is 0.413 e. The number of rotatable bonds is 9. The lowest BCUT2D eigenvalue weighted by Crippen LogP contribution is -2.55. The number of amides is 1. The molecule has 206 valence electrons. The van der Waals surface area contributed by atoms with Crippen molar-refractivity contribution in [3.05, 3.63) is 108 Å². The number of methoxy groups -OCH3 is 1. The number of carbonyl (C=O) groups excluding carboxylic acids is 2. The lowest BCUT2D eigenvalue weighted by atomic mass is 9.97. The van der Waals surface area contributed by atoms with Gasteiger partial charge in [0, 0.05) is 13.1 Å². The minimum Gasteiger partial charge on any atom is -0.466 e. The van der Waals surface area contributed by atoms with Gasteiger partial charge in [0.25, 0.3) is 0 Å². The minimum atomic E-state index is -1.23. The molecule has 39 heavy (non-hydrogen) atoms. The van der Waals surface area contributed by atoms with Gasteiger partial charge in [0.15, 0.2) is 0 Å². The van der Waals surface area contributed by atoms with E-state index in [2.05, 4.69) is 4.90 Å². The van der Waals surface area contributed by atoms with E-state index in [0.29, 0.717) is 19.7 Å². The lowest BCUT2D eigenvalue weighted by molar-refractivity contribution is -0.157. The summed E-state index contributed by atoms with van der Waals surface area (Å²) in [4.78, 5) is 30.9. The molecule has 0 saturated carbocycles. The van der Waals surface area contributed by atoms with Crippen LogP contribution in [0.4, 0.5) is 4.79 Å². The standard InChI is InChI=1S/C32H38N2O5/c1-31(2)23-38-32(3,4)34(31)30(36)39-28(29(35)37-5)27(26-19-13-8-14-20-26)33(21-24-15-9-6-10-16-24)22-25-17-11-7-12-18-25/h6-20,27-28H,21-23H2,1-5H3/t27-,28+/m1/s1. The largest absolute Gasteiger partial charge is 0.466 e. The molecule has 3 aromatic rings. The Morgan fingerprint density at radius 1 is 0.846 bits per heavy atom. The predicted molar refractivity (Wildman–Crippen MR) is 150 cm³/mol. The van der Waals surface area contributed by atoms with Gasteiger partial charge >= 0.3 is 12.1 Å². The van der Waals surface area contributed by atoms with Crippen LogP contribution in [0, 0.1) is 0 Å². The Labute approximate surface area is 231 Å². The van der Waals surface area contributed by atoms with E-state index in [1.54, 1.807) is 4.90 Å². The van der Waals surface area contributed by atoms with E-state index in [-0.39, 0.29) is 0 Å². The zero-order chi connectivity index (χ0) is 28.0. The van der Waals surface area contributed by atoms with Crippen LogP contribution in [0.25, 0.3) is 0 Å². The van der Waals surface area contributed by atoms with Gasteiger partial charge in [-0.1, -0.05) is 91.0 Å². The Morgan fingerprint density at radius 3 is 1.77 bits per heavy atom. The molecule has 1 fully saturated rings. The van der Waals surface area contributed by atoms with Crippen molar-refractivity contribution >= 4 is 12.1 Å². The molecule has 1 amide bonds. The third-order valence-corrected chi connectivity index (χ3v) is 7.04. The average molecular weight is 531 g/mol. The lowest BCUT2D eigenvalue weighted by Gasteiger charge is -2.40. The second-order valence-corrected chi connectivity index (χ2v) is 10.9. The molecule has 0 spiro atoms. The van der Waals surface area contributed by atoms with Crippen molar-refractivity contribution in [1.82, 2.24) is 9.80 Å². The summed E-state index contributed by atoms with van der Waals surface area (Å²) in [6.45, 7) is 8.87. The van der Waals surface area contributed by atoms with E-state index in [4.69, 9.17) is 14.2 Å². The molecule has 0 N–H and O–H groups in total. The molecule has 1 aliphatic heterocycles. The summed E-state index contributed by atoms with van der Waals surface area (Å²) in [5.41, 5.74) is 1.47. The zero-order valence-electron chi connectivity index (χ0n) is 23.4. The normalized spacial score (nSPS) is 17.4. The van der Waals surface area contributed by atoms with Crippen LogP contribution in [-0.2, 0) is 32.1 Å². The number of carbonyl (C=O) groups is 2. The van der Waals surface area contributed by atoms with E-state index in [1.165, 1.54) is 7.11 Å². The summed E-state index contributed by atoms with van der Waals surface area (Å²) in [6, 6.07) is 29.1. The Hall–Kier alpha value is -3.68. The highest BCUT2D eigenvalue weighted by Crippen LogP contribution is 2.37. The Balaban J connectivity index is 1.78. The van der Waals surface area contributed by atoms with E-state index in [1.807, 2.05) is 119 Å². The summed E-state index contributed by atoms with van der Waals surface area (Å²) in [5.74, 6) is -0.626. The van der Waals surface area contributed by atoms with Crippen molar-refractivity contribution in [2.45, 2.75) is 64.2 Å². The molecule has 0 aromatic heterocycles. The molecule has 0 bridgehead atoms. The molecular formula is C32H38N2O5. The molecule has 4 rings (SSSR count). The molecule has 7 heteroatoms. The van der Waals surface area contributed by atoms with E-state index < -0.39 is 35.5 Å². The van der Waals surface area contributed by atoms with Crippen molar-refractivity contribution in [2.24, 2.45) is 0 Å². The number of ether oxygens (including phenoxy) is 3. The van der Waals surface area contributed by atoms with Gasteiger partial charge in [-0.15, -0.1) is 0 Å². The smallest absolute Gasteiger partial charge is 0.413 e. The van der Waals surface area contributed by atoms with Crippen LogP contribution in [-0.4, -0.2) is 52.9 Å². The third-order valence-electron chi connectivity index (χ3n) is 7.04. The van der Waals surface area contributed by atoms with Crippen LogP contribution in [0.1, 0.15) is 50.4 Å². The molecule has 0 unspecified atom stereocenters. The molecule has 0 aliphatic carbocycles. The fourth-order valence-corrected chi connectivity index (χ4v) is 5.31. The molecule has 1 aliphatic rings. The van der Waals surface area contributed by atoms with Crippen LogP contribution in [0.3, 0.4) is 0 Å². The van der Waals surface area contributed by atoms with Crippen LogP contribution in [0.2, 0.25) is 0 Å². The van der Waals surface area contributed by atoms with E-state index >= 15 is 0 Å². The van der Waals surface area contributed by atoms with Crippen molar-refractivity contribution in [2.75, 3.05) is 13.7 Å². The molecule has 0 radical (unpaired) electrons. The third kappa shape index (κ3) is 6.67. The first-order valence-corrected chi connectivity index (χ1v) is 13.2. The summed E-state index contributed by atoms with van der Waals surface area (Å²) in [6.07, 6.45) is -1.86. The SMILES string of the molecule is COC(=O)[C@@H](OC(=O)N1C(C)(C)COC1(C)C)[C@@H](c1ccccc1)N(Cc1ccccc1)Cc1ccccc1. The average Bonchev–Trinajstić information content (AvgIpc) is 3.16.